The van der Waals surface area contributed by atoms with E-state index in [9.17, 15) is 0 Å². The zero-order valence-corrected chi connectivity index (χ0v) is 9.16. The lowest BCUT2D eigenvalue weighted by Crippen LogP contribution is -2.33. The molecule has 1 fully saturated rings. The molecule has 0 spiro atoms. The van der Waals surface area contributed by atoms with Gasteiger partial charge in [0.2, 0.25) is 0 Å². The quantitative estimate of drug-likeness (QED) is 0.779. The van der Waals surface area contributed by atoms with E-state index in [4.69, 9.17) is 0 Å². The maximum absolute atomic E-state index is 3.38. The van der Waals surface area contributed by atoms with Crippen LogP contribution in [0.5, 0.6) is 0 Å². The van der Waals surface area contributed by atoms with Crippen LogP contribution in [-0.2, 0) is 6.42 Å². The van der Waals surface area contributed by atoms with Gasteiger partial charge in [0.25, 0.3) is 0 Å². The van der Waals surface area contributed by atoms with Crippen LogP contribution in [0.3, 0.4) is 0 Å². The van der Waals surface area contributed by atoms with Crippen molar-refractivity contribution in [3.63, 3.8) is 0 Å². The van der Waals surface area contributed by atoms with Crippen LogP contribution in [0.15, 0.2) is 17.5 Å². The van der Waals surface area contributed by atoms with Crippen LogP contribution in [0.2, 0.25) is 0 Å². The molecular formula is C11H17NS. The highest BCUT2D eigenvalue weighted by atomic mass is 32.1. The monoisotopic (exact) mass is 195 g/mol. The van der Waals surface area contributed by atoms with Crippen molar-refractivity contribution in [3.8, 4) is 0 Å². The topological polar surface area (TPSA) is 12.0 Å². The maximum Gasteiger partial charge on any atom is 0.00956 e. The molecule has 1 aromatic rings. The minimum atomic E-state index is 0.583. The van der Waals surface area contributed by atoms with Gasteiger partial charge in [-0.1, -0.05) is 6.07 Å². The van der Waals surface area contributed by atoms with Gasteiger partial charge in [-0.25, -0.2) is 0 Å². The third-order valence-electron chi connectivity index (χ3n) is 3.35. The summed E-state index contributed by atoms with van der Waals surface area (Å²) in [6.45, 7) is 2.31. The van der Waals surface area contributed by atoms with Gasteiger partial charge >= 0.3 is 0 Å². The average molecular weight is 195 g/mol. The molecule has 0 amide bonds. The molecule has 1 atom stereocenters. The Bertz CT molecular complexity index is 262. The van der Waals surface area contributed by atoms with Crippen molar-refractivity contribution in [1.29, 1.82) is 0 Å². The number of nitrogens with one attached hydrogen (secondary N) is 1. The van der Waals surface area contributed by atoms with Crippen molar-refractivity contribution in [3.05, 3.63) is 22.4 Å². The average Bonchev–Trinajstić information content (AvgIpc) is 2.73. The van der Waals surface area contributed by atoms with Crippen molar-refractivity contribution in [2.45, 2.75) is 32.2 Å². The number of thiophene rings is 1. The van der Waals surface area contributed by atoms with E-state index in [1.54, 1.807) is 4.88 Å². The first kappa shape index (κ1) is 9.22. The summed E-state index contributed by atoms with van der Waals surface area (Å²) in [5.41, 5.74) is 0.583. The first-order valence-electron chi connectivity index (χ1n) is 4.96. The molecule has 1 N–H and O–H groups in total. The van der Waals surface area contributed by atoms with E-state index in [1.807, 2.05) is 11.3 Å². The van der Waals surface area contributed by atoms with Gasteiger partial charge in [-0.05, 0) is 50.1 Å². The van der Waals surface area contributed by atoms with Gasteiger partial charge in [0.15, 0.2) is 0 Å². The summed E-state index contributed by atoms with van der Waals surface area (Å²) in [7, 11) is 2.07. The van der Waals surface area contributed by atoms with Crippen LogP contribution in [0.4, 0.5) is 0 Å². The van der Waals surface area contributed by atoms with Gasteiger partial charge in [0.1, 0.15) is 0 Å². The molecule has 0 saturated heterocycles. The molecule has 1 aliphatic carbocycles. The highest BCUT2D eigenvalue weighted by Gasteiger charge is 2.46. The zero-order valence-electron chi connectivity index (χ0n) is 8.34. The second kappa shape index (κ2) is 3.43. The molecule has 0 aromatic carbocycles. The summed E-state index contributed by atoms with van der Waals surface area (Å²) in [4.78, 5) is 1.54. The first-order chi connectivity index (χ1) is 6.27. The van der Waals surface area contributed by atoms with Crippen LogP contribution in [0.25, 0.3) is 0 Å². The summed E-state index contributed by atoms with van der Waals surface area (Å²) in [5.74, 6) is 0. The molecule has 1 aromatic heterocycles. The molecule has 1 nitrogen and oxygen atoms in total. The molecule has 0 radical (unpaired) electrons. The van der Waals surface area contributed by atoms with Gasteiger partial charge in [-0.15, -0.1) is 11.3 Å². The molecule has 1 saturated carbocycles. The second-order valence-electron chi connectivity index (χ2n) is 4.13. The zero-order chi connectivity index (χ0) is 9.31. The highest BCUT2D eigenvalue weighted by Crippen LogP contribution is 2.51. The Kier molecular flexibility index (Phi) is 2.43. The van der Waals surface area contributed by atoms with E-state index < -0.39 is 0 Å². The first-order valence-corrected chi connectivity index (χ1v) is 5.84. The van der Waals surface area contributed by atoms with Crippen molar-refractivity contribution < 1.29 is 0 Å². The van der Waals surface area contributed by atoms with Crippen LogP contribution >= 0.6 is 11.3 Å². The van der Waals surface area contributed by atoms with Crippen molar-refractivity contribution in [2.75, 3.05) is 7.05 Å². The fourth-order valence-electron chi connectivity index (χ4n) is 1.99. The van der Waals surface area contributed by atoms with E-state index in [0.717, 1.165) is 0 Å². The molecule has 2 rings (SSSR count). The molecule has 13 heavy (non-hydrogen) atoms. The maximum atomic E-state index is 3.38. The van der Waals surface area contributed by atoms with E-state index in [-0.39, 0.29) is 0 Å². The lowest BCUT2D eigenvalue weighted by atomic mass is 9.93. The molecular weight excluding hydrogens is 178 g/mol. The van der Waals surface area contributed by atoms with Crippen LogP contribution in [-0.4, -0.2) is 13.1 Å². The summed E-state index contributed by atoms with van der Waals surface area (Å²) < 4.78 is 0. The van der Waals surface area contributed by atoms with E-state index in [0.29, 0.717) is 11.5 Å². The predicted octanol–water partition coefficient (Wildman–Crippen LogP) is 2.68. The standard InChI is InChI=1S/C11H17NS/c1-9(12-2)11(5-6-11)8-10-4-3-7-13-10/h3-4,7,9,12H,5-6,8H2,1-2H3. The lowest BCUT2D eigenvalue weighted by Gasteiger charge is -2.22. The smallest absolute Gasteiger partial charge is 0.00956 e. The molecule has 1 aliphatic rings. The predicted molar refractivity (Wildman–Crippen MR) is 58.2 cm³/mol. The molecule has 2 heteroatoms. The summed E-state index contributed by atoms with van der Waals surface area (Å²) in [6.07, 6.45) is 4.06. The SMILES string of the molecule is CNC(C)C1(Cc2cccs2)CC1. The normalized spacial score (nSPS) is 21.4. The Hall–Kier alpha value is -0.340. The van der Waals surface area contributed by atoms with Gasteiger partial charge in [0.05, 0.1) is 0 Å². The van der Waals surface area contributed by atoms with Crippen molar-refractivity contribution >= 4 is 11.3 Å². The molecule has 0 aliphatic heterocycles. The van der Waals surface area contributed by atoms with E-state index in [1.165, 1.54) is 19.3 Å². The third kappa shape index (κ3) is 1.79. The van der Waals surface area contributed by atoms with Gasteiger partial charge in [-0.2, -0.15) is 0 Å². The Morgan fingerprint density at radius 1 is 1.62 bits per heavy atom. The Labute approximate surface area is 84.2 Å². The summed E-state index contributed by atoms with van der Waals surface area (Å²) >= 11 is 1.89. The largest absolute Gasteiger partial charge is 0.317 e. The van der Waals surface area contributed by atoms with Crippen LogP contribution in [0.1, 0.15) is 24.6 Å². The highest BCUT2D eigenvalue weighted by molar-refractivity contribution is 7.09. The minimum absolute atomic E-state index is 0.583. The van der Waals surface area contributed by atoms with Crippen molar-refractivity contribution in [1.82, 2.24) is 5.32 Å². The molecule has 1 heterocycles. The van der Waals surface area contributed by atoms with E-state index in [2.05, 4.69) is 36.8 Å². The van der Waals surface area contributed by atoms with E-state index >= 15 is 0 Å². The van der Waals surface area contributed by atoms with Crippen LogP contribution < -0.4 is 5.32 Å². The van der Waals surface area contributed by atoms with Gasteiger partial charge in [0, 0.05) is 10.9 Å². The van der Waals surface area contributed by atoms with Crippen molar-refractivity contribution in [2.24, 2.45) is 5.41 Å². The fraction of sp³-hybridized carbons (Fsp3) is 0.636. The Balaban J connectivity index is 2.01. The van der Waals surface area contributed by atoms with Gasteiger partial charge in [-0.3, -0.25) is 0 Å². The van der Waals surface area contributed by atoms with Gasteiger partial charge < -0.3 is 5.32 Å². The third-order valence-corrected chi connectivity index (χ3v) is 4.23. The summed E-state index contributed by atoms with van der Waals surface area (Å²) in [5, 5.41) is 5.56. The molecule has 0 bridgehead atoms. The Morgan fingerprint density at radius 3 is 2.85 bits per heavy atom. The Morgan fingerprint density at radius 2 is 2.38 bits per heavy atom. The summed E-state index contributed by atoms with van der Waals surface area (Å²) in [6, 6.07) is 5.07. The second-order valence-corrected chi connectivity index (χ2v) is 5.16. The minimum Gasteiger partial charge on any atom is -0.317 e. The lowest BCUT2D eigenvalue weighted by molar-refractivity contribution is 0.372. The fourth-order valence-corrected chi connectivity index (χ4v) is 2.85. The number of rotatable bonds is 4. The number of hydrogen-bond acceptors (Lipinski definition) is 2. The number of hydrogen-bond donors (Lipinski definition) is 1. The molecule has 72 valence electrons. The van der Waals surface area contributed by atoms with Crippen LogP contribution in [0, 0.1) is 5.41 Å². The molecule has 1 unspecified atom stereocenters.